The first-order valence-electron chi connectivity index (χ1n) is 8.91. The fraction of sp³-hybridized carbons (Fsp3) is 0.350. The van der Waals surface area contributed by atoms with Gasteiger partial charge in [0.2, 0.25) is 0 Å². The quantitative estimate of drug-likeness (QED) is 0.695. The molecule has 1 heterocycles. The van der Waals surface area contributed by atoms with E-state index in [4.69, 9.17) is 26.8 Å². The Labute approximate surface area is 173 Å². The van der Waals surface area contributed by atoms with E-state index in [0.717, 1.165) is 5.69 Å². The zero-order valence-electron chi connectivity index (χ0n) is 16.9. The molecule has 1 aromatic carbocycles. The van der Waals surface area contributed by atoms with E-state index in [0.29, 0.717) is 22.2 Å². The summed E-state index contributed by atoms with van der Waals surface area (Å²) >= 11 is 6.14. The van der Waals surface area contributed by atoms with E-state index in [1.54, 1.807) is 52.1 Å². The number of urea groups is 1. The number of hydrogen-bond acceptors (Lipinski definition) is 5. The summed E-state index contributed by atoms with van der Waals surface area (Å²) in [6, 6.07) is 5.81. The number of nitrogens with two attached hydrogens (primary N) is 1. The zero-order chi connectivity index (χ0) is 21.9. The number of rotatable bonds is 6. The first-order valence-corrected chi connectivity index (χ1v) is 9.28. The molecule has 0 aliphatic heterocycles. The minimum absolute atomic E-state index is 0.280. The van der Waals surface area contributed by atoms with E-state index in [1.165, 1.54) is 0 Å². The van der Waals surface area contributed by atoms with E-state index in [-0.39, 0.29) is 11.5 Å². The van der Waals surface area contributed by atoms with E-state index in [2.05, 4.69) is 0 Å². The van der Waals surface area contributed by atoms with Gasteiger partial charge >= 0.3 is 12.0 Å². The lowest BCUT2D eigenvalue weighted by Crippen LogP contribution is -2.45. The molecule has 0 aliphatic rings. The smallest absolute Gasteiger partial charge is 0.340 e. The van der Waals surface area contributed by atoms with Crippen LogP contribution in [-0.4, -0.2) is 35.7 Å². The third kappa shape index (κ3) is 4.89. The zero-order valence-corrected chi connectivity index (χ0v) is 17.7. The molecule has 29 heavy (non-hydrogen) atoms. The second-order valence-corrected chi connectivity index (χ2v) is 7.30. The second kappa shape index (κ2) is 9.00. The number of aromatic nitrogens is 1. The third-order valence-corrected chi connectivity index (χ3v) is 4.61. The molecular weight excluding hydrogens is 398 g/mol. The van der Waals surface area contributed by atoms with Gasteiger partial charge in [0, 0.05) is 16.4 Å². The number of amides is 3. The maximum absolute atomic E-state index is 12.8. The highest BCUT2D eigenvalue weighted by atomic mass is 35.5. The van der Waals surface area contributed by atoms with Gasteiger partial charge in [-0.3, -0.25) is 10.1 Å². The Hall–Kier alpha value is -3.00. The molecule has 8 nitrogen and oxygen atoms in total. The molecule has 1 aromatic heterocycles. The molecule has 156 valence electrons. The molecular formula is C20H24ClN3O5. The van der Waals surface area contributed by atoms with Crippen LogP contribution in [0.1, 0.15) is 35.6 Å². The lowest BCUT2D eigenvalue weighted by atomic mass is 10.1. The Morgan fingerprint density at radius 1 is 1.17 bits per heavy atom. The lowest BCUT2D eigenvalue weighted by Gasteiger charge is -2.20. The molecule has 0 fully saturated rings. The molecule has 0 spiro atoms. The average Bonchev–Trinajstić information content (AvgIpc) is 2.92. The predicted octanol–water partition coefficient (Wildman–Crippen LogP) is 3.13. The van der Waals surface area contributed by atoms with Crippen molar-refractivity contribution >= 4 is 29.5 Å². The van der Waals surface area contributed by atoms with Gasteiger partial charge in [-0.2, -0.15) is 0 Å². The average molecular weight is 422 g/mol. The molecule has 0 radical (unpaired) electrons. The van der Waals surface area contributed by atoms with Gasteiger partial charge in [-0.15, -0.1) is 0 Å². The van der Waals surface area contributed by atoms with Crippen LogP contribution in [0.25, 0.3) is 5.69 Å². The van der Waals surface area contributed by atoms with Crippen molar-refractivity contribution in [2.45, 2.75) is 33.8 Å². The van der Waals surface area contributed by atoms with Crippen molar-refractivity contribution < 1.29 is 23.9 Å². The summed E-state index contributed by atoms with van der Waals surface area (Å²) in [6.07, 6.45) is -1.17. The largest absolute Gasteiger partial charge is 0.495 e. The van der Waals surface area contributed by atoms with Crippen molar-refractivity contribution in [1.29, 1.82) is 0 Å². The maximum atomic E-state index is 12.8. The van der Waals surface area contributed by atoms with Crippen LogP contribution in [0, 0.1) is 19.8 Å². The summed E-state index contributed by atoms with van der Waals surface area (Å²) in [7, 11) is 1.54. The number of aryl methyl sites for hydroxylation is 1. The lowest BCUT2D eigenvalue weighted by molar-refractivity contribution is -0.130. The number of imide groups is 1. The molecule has 3 amide bonds. The number of methoxy groups -OCH3 is 1. The van der Waals surface area contributed by atoms with Crippen LogP contribution in [0.5, 0.6) is 5.75 Å². The van der Waals surface area contributed by atoms with E-state index in [9.17, 15) is 14.4 Å². The molecule has 3 N–H and O–H groups in total. The molecule has 0 bridgehead atoms. The van der Waals surface area contributed by atoms with Crippen LogP contribution in [0.3, 0.4) is 0 Å². The fourth-order valence-electron chi connectivity index (χ4n) is 3.04. The van der Waals surface area contributed by atoms with Crippen LogP contribution < -0.4 is 15.8 Å². The van der Waals surface area contributed by atoms with Crippen molar-refractivity contribution in [3.8, 4) is 11.4 Å². The molecule has 2 aromatic rings. The van der Waals surface area contributed by atoms with Gasteiger partial charge in [0.25, 0.3) is 5.91 Å². The summed E-state index contributed by atoms with van der Waals surface area (Å²) in [4.78, 5) is 35.9. The molecule has 0 unspecified atom stereocenters. The van der Waals surface area contributed by atoms with Crippen molar-refractivity contribution in [2.24, 2.45) is 11.7 Å². The van der Waals surface area contributed by atoms with Crippen LogP contribution in [0.15, 0.2) is 24.3 Å². The van der Waals surface area contributed by atoms with Crippen LogP contribution >= 0.6 is 11.6 Å². The van der Waals surface area contributed by atoms with Gasteiger partial charge in [-0.05, 0) is 44.0 Å². The Morgan fingerprint density at radius 2 is 1.83 bits per heavy atom. The predicted molar refractivity (Wildman–Crippen MR) is 109 cm³/mol. The van der Waals surface area contributed by atoms with Gasteiger partial charge in [0.1, 0.15) is 5.75 Å². The number of hydrogen-bond donors (Lipinski definition) is 2. The number of esters is 1. The summed E-state index contributed by atoms with van der Waals surface area (Å²) in [6.45, 7) is 6.96. The van der Waals surface area contributed by atoms with Crippen molar-refractivity contribution in [2.75, 3.05) is 7.11 Å². The minimum atomic E-state index is -1.17. The number of ether oxygens (including phenoxy) is 2. The summed E-state index contributed by atoms with van der Waals surface area (Å²) in [5, 5.41) is 2.46. The number of primary amides is 1. The molecule has 0 saturated carbocycles. The second-order valence-electron chi connectivity index (χ2n) is 6.86. The van der Waals surface area contributed by atoms with E-state index in [1.807, 2.05) is 16.8 Å². The fourth-order valence-corrected chi connectivity index (χ4v) is 3.21. The Kier molecular flexibility index (Phi) is 6.92. The first-order chi connectivity index (χ1) is 13.6. The molecule has 1 atom stereocenters. The molecule has 0 aliphatic carbocycles. The van der Waals surface area contributed by atoms with Crippen LogP contribution in [-0.2, 0) is 9.53 Å². The number of nitrogens with zero attached hydrogens (tertiary/aromatic N) is 1. The summed E-state index contributed by atoms with van der Waals surface area (Å²) in [5.74, 6) is -1.25. The SMILES string of the molecule is COc1ccc(Cl)cc1-n1c(C)cc(C(=O)O[C@@H](C(=O)NC(N)=O)C(C)C)c1C. The Bertz CT molecular complexity index is 952. The van der Waals surface area contributed by atoms with Crippen LogP contribution in [0.2, 0.25) is 5.02 Å². The van der Waals surface area contributed by atoms with Gasteiger partial charge < -0.3 is 19.8 Å². The number of benzene rings is 1. The van der Waals surface area contributed by atoms with Gasteiger partial charge in [0.05, 0.1) is 18.4 Å². The topological polar surface area (TPSA) is 113 Å². The highest BCUT2D eigenvalue weighted by Gasteiger charge is 2.29. The molecule has 0 saturated heterocycles. The standard InChI is InChI=1S/C20H24ClN3O5/c1-10(2)17(18(25)23-20(22)27)29-19(26)14-8-11(3)24(12(14)4)15-9-13(21)6-7-16(15)28-5/h6-10,17H,1-5H3,(H3,22,23,25,27)/t17-/m1/s1. The van der Waals surface area contributed by atoms with E-state index < -0.39 is 24.0 Å². The Balaban J connectivity index is 2.41. The normalized spacial score (nSPS) is 11.8. The number of halogens is 1. The third-order valence-electron chi connectivity index (χ3n) is 4.38. The van der Waals surface area contributed by atoms with Gasteiger partial charge in [-0.1, -0.05) is 25.4 Å². The molecule has 9 heteroatoms. The van der Waals surface area contributed by atoms with Crippen LogP contribution in [0.4, 0.5) is 4.79 Å². The number of carbonyl (C=O) groups is 3. The number of nitrogens with one attached hydrogen (secondary N) is 1. The summed E-state index contributed by atoms with van der Waals surface area (Å²) in [5.41, 5.74) is 7.27. The molecule has 2 rings (SSSR count). The highest BCUT2D eigenvalue weighted by molar-refractivity contribution is 6.30. The highest BCUT2D eigenvalue weighted by Crippen LogP contribution is 2.31. The van der Waals surface area contributed by atoms with Crippen molar-refractivity contribution in [1.82, 2.24) is 9.88 Å². The summed E-state index contributed by atoms with van der Waals surface area (Å²) < 4.78 is 12.6. The van der Waals surface area contributed by atoms with Gasteiger partial charge in [0.15, 0.2) is 6.10 Å². The monoisotopic (exact) mass is 421 g/mol. The first kappa shape index (κ1) is 22.3. The number of carbonyl (C=O) groups excluding carboxylic acids is 3. The van der Waals surface area contributed by atoms with Crippen molar-refractivity contribution in [3.05, 3.63) is 46.2 Å². The van der Waals surface area contributed by atoms with Crippen molar-refractivity contribution in [3.63, 3.8) is 0 Å². The van der Waals surface area contributed by atoms with E-state index >= 15 is 0 Å². The minimum Gasteiger partial charge on any atom is -0.495 e. The Morgan fingerprint density at radius 3 is 2.38 bits per heavy atom. The van der Waals surface area contributed by atoms with Gasteiger partial charge in [-0.25, -0.2) is 9.59 Å². The maximum Gasteiger partial charge on any atom is 0.340 e.